The molecule has 0 heterocycles. The van der Waals surface area contributed by atoms with E-state index >= 15 is 0 Å². The van der Waals surface area contributed by atoms with Gasteiger partial charge in [0.25, 0.3) is 0 Å². The van der Waals surface area contributed by atoms with Crippen molar-refractivity contribution in [3.05, 3.63) is 34.3 Å². The first-order chi connectivity index (χ1) is 11.0. The summed E-state index contributed by atoms with van der Waals surface area (Å²) >= 11 is 3.41. The van der Waals surface area contributed by atoms with Gasteiger partial charge in [0.2, 0.25) is 11.8 Å². The van der Waals surface area contributed by atoms with Gasteiger partial charge in [-0.15, -0.1) is 0 Å². The van der Waals surface area contributed by atoms with Gasteiger partial charge in [0.15, 0.2) is 0 Å². The van der Waals surface area contributed by atoms with Crippen molar-refractivity contribution in [2.24, 2.45) is 11.7 Å². The highest BCUT2D eigenvalue weighted by atomic mass is 79.9. The molecule has 4 nitrogen and oxygen atoms in total. The van der Waals surface area contributed by atoms with E-state index < -0.39 is 5.91 Å². The van der Waals surface area contributed by atoms with E-state index in [1.165, 1.54) is 32.1 Å². The molecule has 0 saturated heterocycles. The van der Waals surface area contributed by atoms with Crippen molar-refractivity contribution >= 4 is 27.7 Å². The highest BCUT2D eigenvalue weighted by molar-refractivity contribution is 9.10. The molecule has 0 unspecified atom stereocenters. The lowest BCUT2D eigenvalue weighted by atomic mass is 9.87. The maximum absolute atomic E-state index is 12.5. The zero-order valence-corrected chi connectivity index (χ0v) is 15.1. The number of carbonyl (C=O) groups is 2. The van der Waals surface area contributed by atoms with E-state index in [4.69, 9.17) is 5.73 Å². The summed E-state index contributed by atoms with van der Waals surface area (Å²) in [5, 5.41) is 0. The Kier molecular flexibility index (Phi) is 7.09. The standard InChI is InChI=1S/C18H25BrN2O2/c19-16-8-4-7-15(11-16)12-18(23)21(13-17(20)22)10-9-14-5-2-1-3-6-14/h4,7-8,11,14H,1-3,5-6,9-10,12-13H2,(H2,20,22). The van der Waals surface area contributed by atoms with Gasteiger partial charge < -0.3 is 10.6 Å². The maximum atomic E-state index is 12.5. The van der Waals surface area contributed by atoms with Crippen molar-refractivity contribution in [2.75, 3.05) is 13.1 Å². The topological polar surface area (TPSA) is 63.4 Å². The first-order valence-corrected chi connectivity index (χ1v) is 9.14. The fourth-order valence-electron chi connectivity index (χ4n) is 3.23. The monoisotopic (exact) mass is 380 g/mol. The molecule has 0 bridgehead atoms. The normalized spacial score (nSPS) is 15.3. The minimum absolute atomic E-state index is 0.0134. The van der Waals surface area contributed by atoms with Crippen LogP contribution in [0.1, 0.15) is 44.1 Å². The average molecular weight is 381 g/mol. The number of benzene rings is 1. The molecule has 0 atom stereocenters. The summed E-state index contributed by atoms with van der Waals surface area (Å²) in [4.78, 5) is 25.5. The molecule has 23 heavy (non-hydrogen) atoms. The van der Waals surface area contributed by atoms with Crippen LogP contribution in [-0.2, 0) is 16.0 Å². The second-order valence-corrected chi connectivity index (χ2v) is 7.30. The number of rotatable bonds is 7. The molecular weight excluding hydrogens is 356 g/mol. The van der Waals surface area contributed by atoms with E-state index in [1.807, 2.05) is 24.3 Å². The summed E-state index contributed by atoms with van der Waals surface area (Å²) in [6.07, 6.45) is 7.64. The Labute approximate surface area is 146 Å². The van der Waals surface area contributed by atoms with Gasteiger partial charge in [-0.25, -0.2) is 0 Å². The minimum Gasteiger partial charge on any atom is -0.368 e. The molecule has 0 radical (unpaired) electrons. The first-order valence-electron chi connectivity index (χ1n) is 8.35. The van der Waals surface area contributed by atoms with Gasteiger partial charge in [0.05, 0.1) is 13.0 Å². The number of halogens is 1. The Morgan fingerprint density at radius 1 is 1.22 bits per heavy atom. The zero-order chi connectivity index (χ0) is 16.7. The summed E-state index contributed by atoms with van der Waals surface area (Å²) in [5.41, 5.74) is 6.26. The van der Waals surface area contributed by atoms with Crippen LogP contribution in [0.2, 0.25) is 0 Å². The smallest absolute Gasteiger partial charge is 0.237 e. The summed E-state index contributed by atoms with van der Waals surface area (Å²) in [7, 11) is 0. The van der Waals surface area contributed by atoms with Crippen LogP contribution in [0.4, 0.5) is 0 Å². The van der Waals surface area contributed by atoms with Gasteiger partial charge in [-0.3, -0.25) is 9.59 Å². The zero-order valence-electron chi connectivity index (χ0n) is 13.5. The van der Waals surface area contributed by atoms with Gasteiger partial charge in [-0.05, 0) is 30.0 Å². The largest absolute Gasteiger partial charge is 0.368 e. The Hall–Kier alpha value is -1.36. The second-order valence-electron chi connectivity index (χ2n) is 6.38. The fourth-order valence-corrected chi connectivity index (χ4v) is 3.67. The van der Waals surface area contributed by atoms with E-state index in [0.717, 1.165) is 16.5 Å². The molecule has 126 valence electrons. The van der Waals surface area contributed by atoms with Crippen LogP contribution in [0, 0.1) is 5.92 Å². The summed E-state index contributed by atoms with van der Waals surface area (Å²) in [6, 6.07) is 7.69. The number of nitrogens with zero attached hydrogens (tertiary/aromatic N) is 1. The Morgan fingerprint density at radius 3 is 2.61 bits per heavy atom. The van der Waals surface area contributed by atoms with Crippen molar-refractivity contribution in [3.8, 4) is 0 Å². The molecule has 1 saturated carbocycles. The SMILES string of the molecule is NC(=O)CN(CCC1CCCCC1)C(=O)Cc1cccc(Br)c1. The van der Waals surface area contributed by atoms with Gasteiger partial charge >= 0.3 is 0 Å². The summed E-state index contributed by atoms with van der Waals surface area (Å²) in [5.74, 6) is 0.201. The van der Waals surface area contributed by atoms with Crippen LogP contribution in [0.25, 0.3) is 0 Å². The summed E-state index contributed by atoms with van der Waals surface area (Å²) < 4.78 is 0.950. The molecule has 2 amide bonds. The number of carbonyl (C=O) groups excluding carboxylic acids is 2. The molecule has 1 aromatic rings. The summed E-state index contributed by atoms with van der Waals surface area (Å²) in [6.45, 7) is 0.639. The van der Waals surface area contributed by atoms with Crippen molar-refractivity contribution in [2.45, 2.75) is 44.9 Å². The number of primary amides is 1. The minimum atomic E-state index is -0.448. The van der Waals surface area contributed by atoms with Crippen molar-refractivity contribution in [1.29, 1.82) is 0 Å². The molecule has 1 fully saturated rings. The number of nitrogens with two attached hydrogens (primary N) is 1. The van der Waals surface area contributed by atoms with Crippen molar-refractivity contribution in [3.63, 3.8) is 0 Å². The lowest BCUT2D eigenvalue weighted by molar-refractivity contribution is -0.134. The quantitative estimate of drug-likeness (QED) is 0.788. The molecule has 5 heteroatoms. The van der Waals surface area contributed by atoms with Gasteiger partial charge in [0.1, 0.15) is 0 Å². The highest BCUT2D eigenvalue weighted by Gasteiger charge is 2.19. The third-order valence-electron chi connectivity index (χ3n) is 4.48. The predicted molar refractivity (Wildman–Crippen MR) is 94.8 cm³/mol. The van der Waals surface area contributed by atoms with Crippen LogP contribution in [0.5, 0.6) is 0 Å². The third kappa shape index (κ3) is 6.34. The molecule has 1 aliphatic rings. The second kappa shape index (κ2) is 9.06. The number of amides is 2. The Morgan fingerprint density at radius 2 is 1.96 bits per heavy atom. The van der Waals surface area contributed by atoms with Crippen LogP contribution < -0.4 is 5.73 Å². The fraction of sp³-hybridized carbons (Fsp3) is 0.556. The number of hydrogen-bond acceptors (Lipinski definition) is 2. The highest BCUT2D eigenvalue weighted by Crippen LogP contribution is 2.26. The van der Waals surface area contributed by atoms with Crippen molar-refractivity contribution < 1.29 is 9.59 Å². The average Bonchev–Trinajstić information content (AvgIpc) is 2.52. The molecule has 2 N–H and O–H groups in total. The maximum Gasteiger partial charge on any atom is 0.237 e. The molecular formula is C18H25BrN2O2. The van der Waals surface area contributed by atoms with E-state index in [9.17, 15) is 9.59 Å². The van der Waals surface area contributed by atoms with Crippen LogP contribution in [0.15, 0.2) is 28.7 Å². The first kappa shape index (κ1) is 18.0. The van der Waals surface area contributed by atoms with E-state index in [0.29, 0.717) is 18.9 Å². The molecule has 2 rings (SSSR count). The molecule has 0 aliphatic heterocycles. The van der Waals surface area contributed by atoms with Gasteiger partial charge in [-0.2, -0.15) is 0 Å². The molecule has 1 aliphatic carbocycles. The van der Waals surface area contributed by atoms with Gasteiger partial charge in [0, 0.05) is 11.0 Å². The van der Waals surface area contributed by atoms with E-state index in [1.54, 1.807) is 4.90 Å². The van der Waals surface area contributed by atoms with Crippen molar-refractivity contribution in [1.82, 2.24) is 4.90 Å². The number of hydrogen-bond donors (Lipinski definition) is 1. The van der Waals surface area contributed by atoms with Gasteiger partial charge in [-0.1, -0.05) is 60.2 Å². The molecule has 0 aromatic heterocycles. The molecule has 0 spiro atoms. The van der Waals surface area contributed by atoms with Crippen LogP contribution in [-0.4, -0.2) is 29.8 Å². The lowest BCUT2D eigenvalue weighted by Crippen LogP contribution is -2.40. The third-order valence-corrected chi connectivity index (χ3v) is 4.97. The predicted octanol–water partition coefficient (Wildman–Crippen LogP) is 3.28. The van der Waals surface area contributed by atoms with E-state index in [2.05, 4.69) is 15.9 Å². The van der Waals surface area contributed by atoms with E-state index in [-0.39, 0.29) is 12.5 Å². The lowest BCUT2D eigenvalue weighted by Gasteiger charge is -2.26. The van der Waals surface area contributed by atoms with Crippen LogP contribution >= 0.6 is 15.9 Å². The molecule has 1 aromatic carbocycles. The van der Waals surface area contributed by atoms with Crippen LogP contribution in [0.3, 0.4) is 0 Å². The Balaban J connectivity index is 1.92. The Bertz CT molecular complexity index is 542.